The van der Waals surface area contributed by atoms with Gasteiger partial charge < -0.3 is 8.85 Å². The van der Waals surface area contributed by atoms with E-state index in [9.17, 15) is 0 Å². The summed E-state index contributed by atoms with van der Waals surface area (Å²) in [6.07, 6.45) is 11.3. The maximum atomic E-state index is 6.77. The predicted molar refractivity (Wildman–Crippen MR) is 126 cm³/mol. The lowest BCUT2D eigenvalue weighted by atomic mass is 9.46. The summed E-state index contributed by atoms with van der Waals surface area (Å²) in [7, 11) is 1.34. The van der Waals surface area contributed by atoms with Gasteiger partial charge in [0.25, 0.3) is 0 Å². The molecule has 2 atom stereocenters. The second-order valence-electron chi connectivity index (χ2n) is 10.1. The summed E-state index contributed by atoms with van der Waals surface area (Å²) in [4.78, 5) is 0. The highest BCUT2D eigenvalue weighted by atomic mass is 28.4. The maximum Gasteiger partial charge on any atom is 0.350 e. The molecule has 0 radical (unpaired) electrons. The Kier molecular flexibility index (Phi) is 8.90. The van der Waals surface area contributed by atoms with Crippen molar-refractivity contribution in [2.24, 2.45) is 16.7 Å². The molecule has 28 heavy (non-hydrogen) atoms. The fourth-order valence-electron chi connectivity index (χ4n) is 8.35. The average molecular weight is 413 g/mol. The van der Waals surface area contributed by atoms with Crippen LogP contribution in [0.25, 0.3) is 0 Å². The van der Waals surface area contributed by atoms with Gasteiger partial charge in [0.05, 0.1) is 0 Å². The largest absolute Gasteiger partial charge is 0.397 e. The minimum absolute atomic E-state index is 0.0570. The first-order valence-electron chi connectivity index (χ1n) is 12.2. The topological polar surface area (TPSA) is 18.5 Å². The second-order valence-corrected chi connectivity index (χ2v) is 14.4. The molecule has 0 aliphatic heterocycles. The summed E-state index contributed by atoms with van der Waals surface area (Å²) in [6, 6.07) is 0. The van der Waals surface area contributed by atoms with E-state index in [-0.39, 0.29) is 15.5 Å². The molecule has 0 N–H and O–H groups in total. The van der Waals surface area contributed by atoms with Crippen molar-refractivity contribution < 1.29 is 8.85 Å². The normalized spacial score (nSPS) is 26.2. The second kappa shape index (κ2) is 9.52. The summed E-state index contributed by atoms with van der Waals surface area (Å²) >= 11 is 0. The molecule has 0 aromatic carbocycles. The lowest BCUT2D eigenvalue weighted by molar-refractivity contribution is -0.0941. The standard InChI is InChI=1S/C25H52O2Si/c1-12-21(7)22(8,9)28(26-10,27-11)25(17-6)20-18-19-23(13-2,14-3)24(25,15-4)16-5/h21H,12-20H2,1-11H3. The molecule has 0 aromatic heterocycles. The van der Waals surface area contributed by atoms with E-state index in [1.807, 2.05) is 14.2 Å². The third-order valence-corrected chi connectivity index (χ3v) is 15.9. The Bertz CT molecular complexity index is 475. The quantitative estimate of drug-likeness (QED) is 0.317. The van der Waals surface area contributed by atoms with Crippen molar-refractivity contribution in [1.82, 2.24) is 0 Å². The van der Waals surface area contributed by atoms with Gasteiger partial charge in [-0.3, -0.25) is 0 Å². The van der Waals surface area contributed by atoms with Crippen LogP contribution >= 0.6 is 0 Å². The molecular formula is C25H52O2Si. The van der Waals surface area contributed by atoms with E-state index >= 15 is 0 Å². The lowest BCUT2D eigenvalue weighted by Crippen LogP contribution is -2.69. The highest BCUT2D eigenvalue weighted by Crippen LogP contribution is 2.77. The van der Waals surface area contributed by atoms with Gasteiger partial charge in [-0.2, -0.15) is 0 Å². The van der Waals surface area contributed by atoms with Crippen molar-refractivity contribution in [1.29, 1.82) is 0 Å². The van der Waals surface area contributed by atoms with E-state index in [2.05, 4.69) is 62.3 Å². The molecule has 2 unspecified atom stereocenters. The summed E-state index contributed by atoms with van der Waals surface area (Å²) in [5.74, 6) is 0.577. The van der Waals surface area contributed by atoms with E-state index in [1.165, 1.54) is 57.8 Å². The minimum atomic E-state index is -2.60. The third-order valence-electron chi connectivity index (χ3n) is 10.3. The van der Waals surface area contributed by atoms with E-state index in [1.54, 1.807) is 0 Å². The van der Waals surface area contributed by atoms with Crippen LogP contribution in [0.4, 0.5) is 0 Å². The van der Waals surface area contributed by atoms with Crippen LogP contribution in [0.5, 0.6) is 0 Å². The molecule has 0 aromatic rings. The summed E-state index contributed by atoms with van der Waals surface area (Å²) < 4.78 is 13.5. The minimum Gasteiger partial charge on any atom is -0.397 e. The summed E-state index contributed by atoms with van der Waals surface area (Å²) in [5.41, 5.74) is 0.672. The zero-order valence-corrected chi connectivity index (χ0v) is 22.3. The van der Waals surface area contributed by atoms with Crippen molar-refractivity contribution in [3.8, 4) is 0 Å². The third kappa shape index (κ3) is 3.09. The first-order chi connectivity index (χ1) is 13.1. The molecule has 1 saturated carbocycles. The number of hydrogen-bond donors (Lipinski definition) is 0. The Labute approximate surface area is 178 Å². The van der Waals surface area contributed by atoms with Crippen LogP contribution in [0.2, 0.25) is 10.1 Å². The Balaban J connectivity index is 3.98. The van der Waals surface area contributed by atoms with Crippen LogP contribution in [-0.4, -0.2) is 22.8 Å². The molecule has 2 nitrogen and oxygen atoms in total. The van der Waals surface area contributed by atoms with Gasteiger partial charge in [-0.15, -0.1) is 0 Å². The van der Waals surface area contributed by atoms with E-state index in [0.717, 1.165) is 0 Å². The first kappa shape index (κ1) is 26.2. The lowest BCUT2D eigenvalue weighted by Gasteiger charge is -2.70. The molecule has 0 amide bonds. The molecule has 0 heterocycles. The highest BCUT2D eigenvalue weighted by Gasteiger charge is 2.75. The van der Waals surface area contributed by atoms with Gasteiger partial charge in [0, 0.05) is 24.3 Å². The van der Waals surface area contributed by atoms with Gasteiger partial charge in [0.2, 0.25) is 0 Å². The number of hydrogen-bond acceptors (Lipinski definition) is 2. The predicted octanol–water partition coefficient (Wildman–Crippen LogP) is 8.49. The van der Waals surface area contributed by atoms with Crippen LogP contribution in [-0.2, 0) is 8.85 Å². The monoisotopic (exact) mass is 412 g/mol. The SMILES string of the molecule is CCC(C)C(C)(C)[Si](OC)(OC)C1(CC)CCCC(CC)(CC)C1(CC)CC. The average Bonchev–Trinajstić information content (AvgIpc) is 2.73. The van der Waals surface area contributed by atoms with Gasteiger partial charge in [0.1, 0.15) is 0 Å². The zero-order chi connectivity index (χ0) is 21.9. The van der Waals surface area contributed by atoms with Gasteiger partial charge >= 0.3 is 8.56 Å². The molecular weight excluding hydrogens is 360 g/mol. The molecule has 0 saturated heterocycles. The van der Waals surface area contributed by atoms with Crippen LogP contribution in [0.1, 0.15) is 120 Å². The summed E-state index contributed by atoms with van der Waals surface area (Å²) in [5, 5.41) is 0.200. The van der Waals surface area contributed by atoms with Crippen LogP contribution in [0.3, 0.4) is 0 Å². The van der Waals surface area contributed by atoms with E-state index < -0.39 is 8.56 Å². The first-order valence-corrected chi connectivity index (χ1v) is 14.0. The molecule has 168 valence electrons. The maximum absolute atomic E-state index is 6.77. The molecule has 3 heteroatoms. The smallest absolute Gasteiger partial charge is 0.350 e. The molecule has 1 fully saturated rings. The fraction of sp³-hybridized carbons (Fsp3) is 1.00. The van der Waals surface area contributed by atoms with Crippen LogP contribution in [0.15, 0.2) is 0 Å². The summed E-state index contributed by atoms with van der Waals surface area (Å²) in [6.45, 7) is 21.9. The van der Waals surface area contributed by atoms with E-state index in [0.29, 0.717) is 11.3 Å². The fourth-order valence-corrected chi connectivity index (χ4v) is 14.7. The molecule has 0 bridgehead atoms. The van der Waals surface area contributed by atoms with E-state index in [4.69, 9.17) is 8.85 Å². The van der Waals surface area contributed by atoms with Gasteiger partial charge in [-0.1, -0.05) is 75.2 Å². The Morgan fingerprint density at radius 2 is 1.32 bits per heavy atom. The van der Waals surface area contributed by atoms with Crippen LogP contribution < -0.4 is 0 Å². The highest BCUT2D eigenvalue weighted by molar-refractivity contribution is 6.74. The van der Waals surface area contributed by atoms with Gasteiger partial charge in [-0.25, -0.2) is 0 Å². The van der Waals surface area contributed by atoms with Crippen molar-refractivity contribution in [2.45, 2.75) is 130 Å². The van der Waals surface area contributed by atoms with Crippen LogP contribution in [0, 0.1) is 16.7 Å². The molecule has 0 spiro atoms. The molecule has 1 rings (SSSR count). The zero-order valence-electron chi connectivity index (χ0n) is 21.3. The van der Waals surface area contributed by atoms with Crippen molar-refractivity contribution in [3.05, 3.63) is 0 Å². The Morgan fingerprint density at radius 3 is 1.64 bits per heavy atom. The Morgan fingerprint density at radius 1 is 0.821 bits per heavy atom. The van der Waals surface area contributed by atoms with Gasteiger partial charge in [-0.05, 0) is 61.7 Å². The van der Waals surface area contributed by atoms with Crippen molar-refractivity contribution >= 4 is 8.56 Å². The molecule has 1 aliphatic carbocycles. The Hall–Kier alpha value is 0.137. The van der Waals surface area contributed by atoms with Crippen molar-refractivity contribution in [2.75, 3.05) is 14.2 Å². The molecule has 1 aliphatic rings. The van der Waals surface area contributed by atoms with Crippen molar-refractivity contribution in [3.63, 3.8) is 0 Å². The van der Waals surface area contributed by atoms with Gasteiger partial charge in [0.15, 0.2) is 0 Å². The number of rotatable bonds is 11.